The van der Waals surface area contributed by atoms with Crippen molar-refractivity contribution in [2.24, 2.45) is 0 Å². The van der Waals surface area contributed by atoms with Crippen molar-refractivity contribution in [3.63, 3.8) is 0 Å². The second-order valence-corrected chi connectivity index (χ2v) is 0. The molecule has 0 saturated heterocycles. The van der Waals surface area contributed by atoms with Crippen LogP contribution in [0.25, 0.3) is 0 Å². The van der Waals surface area contributed by atoms with Gasteiger partial charge in [-0.3, -0.25) is 0 Å². The van der Waals surface area contributed by atoms with Crippen LogP contribution in [-0.2, 0) is 79.2 Å². The maximum atomic E-state index is 0. The molecule has 0 aromatic rings. The summed E-state index contributed by atoms with van der Waals surface area (Å²) in [6.07, 6.45) is 0. The minimum atomic E-state index is 0. The zero-order valence-electron chi connectivity index (χ0n) is 1.90. The van der Waals surface area contributed by atoms with Crippen LogP contribution in [0.5, 0.6) is 0 Å². The first-order valence-electron chi connectivity index (χ1n) is 0. The van der Waals surface area contributed by atoms with Crippen molar-refractivity contribution in [2.45, 2.75) is 0 Å². The predicted molar refractivity (Wildman–Crippen MR) is 0 cm³/mol. The van der Waals surface area contributed by atoms with Gasteiger partial charge >= 0.3 is 0 Å². The van der Waals surface area contributed by atoms with E-state index in [0.717, 1.165) is 0 Å². The number of hydrogen-bond acceptors (Lipinski definition) is 0. The number of hydrogen-bond donors (Lipinski definition) is 0. The monoisotopic (exact) mass is 267 g/mol. The fourth-order valence-electron chi connectivity index (χ4n) is 0. The maximum absolute atomic E-state index is 0. The molecule has 0 fully saturated rings. The molecule has 0 aliphatic heterocycles. The molecule has 0 amide bonds. The van der Waals surface area contributed by atoms with Gasteiger partial charge in [0.1, 0.15) is 0 Å². The summed E-state index contributed by atoms with van der Waals surface area (Å²) in [5.41, 5.74) is 0. The van der Waals surface area contributed by atoms with Crippen LogP contribution in [0.1, 0.15) is 0 Å². The predicted octanol–water partition coefficient (Wildman–Crippen LogP) is -0.0100. The minimum absolute atomic E-state index is 0. The van der Waals surface area contributed by atoms with Crippen molar-refractivity contribution in [1.82, 2.24) is 0 Å². The Morgan fingerprint density at radius 3 is 1.00 bits per heavy atom. The molecule has 0 unspecified atom stereocenters. The summed E-state index contributed by atoms with van der Waals surface area (Å²) in [7, 11) is 0. The van der Waals surface area contributed by atoms with Crippen LogP contribution in [0.4, 0.5) is 0 Å². The molecule has 0 rings (SSSR count). The van der Waals surface area contributed by atoms with Gasteiger partial charge in [0.25, 0.3) is 0 Å². The first-order valence-corrected chi connectivity index (χ1v) is 0. The maximum Gasteiger partial charge on any atom is 0 e. The summed E-state index contributed by atoms with van der Waals surface area (Å²) in [6, 6.07) is 0. The summed E-state index contributed by atoms with van der Waals surface area (Å²) in [5.74, 6) is 0. The van der Waals surface area contributed by atoms with E-state index in [2.05, 4.69) is 0 Å². The fourth-order valence-corrected chi connectivity index (χ4v) is 0. The Morgan fingerprint density at radius 2 is 1.00 bits per heavy atom. The van der Waals surface area contributed by atoms with Crippen molar-refractivity contribution in [1.29, 1.82) is 0 Å². The van der Waals surface area contributed by atoms with Crippen LogP contribution >= 0.6 is 0 Å². The van der Waals surface area contributed by atoms with Gasteiger partial charge in [-0.2, -0.15) is 0 Å². The molecule has 0 aromatic carbocycles. The van der Waals surface area contributed by atoms with Gasteiger partial charge in [0.2, 0.25) is 0 Å². The Kier molecular flexibility index (Phi) is 139. The first-order chi connectivity index (χ1) is 0. The summed E-state index contributed by atoms with van der Waals surface area (Å²) >= 11 is 0. The van der Waals surface area contributed by atoms with Crippen molar-refractivity contribution >= 4 is 0 Å². The average molecular weight is 270 g/mol. The SMILES string of the molecule is [Mn].[Ni].[Zn].[Zr]. The molecule has 0 atom stereocenters. The Labute approximate surface area is 78.1 Å². The molecule has 0 nitrogen and oxygen atoms in total. The zero-order valence-corrected chi connectivity index (χ0v) is 9.49. The average Bonchev–Trinajstić information content (AvgIpc) is 0. The van der Waals surface area contributed by atoms with Crippen molar-refractivity contribution in [3.05, 3.63) is 0 Å². The molecule has 0 heterocycles. The Balaban J connectivity index is 0. The quantitative estimate of drug-likeness (QED) is 0.543. The van der Waals surface area contributed by atoms with Gasteiger partial charge in [0.15, 0.2) is 0 Å². The van der Waals surface area contributed by atoms with E-state index in [1.165, 1.54) is 0 Å². The van der Waals surface area contributed by atoms with Crippen LogP contribution in [-0.4, -0.2) is 0 Å². The van der Waals surface area contributed by atoms with Gasteiger partial charge < -0.3 is 0 Å². The van der Waals surface area contributed by atoms with Crippen LogP contribution in [0.2, 0.25) is 0 Å². The van der Waals surface area contributed by atoms with E-state index in [1.54, 1.807) is 0 Å². The summed E-state index contributed by atoms with van der Waals surface area (Å²) in [6.45, 7) is 0. The topological polar surface area (TPSA) is 0 Å². The van der Waals surface area contributed by atoms with E-state index in [0.29, 0.717) is 0 Å². The standard InChI is InChI=1S/Mn.Ni.Zn.Zr. The molecule has 0 aromatic heterocycles. The third-order valence-electron chi connectivity index (χ3n) is 0. The van der Waals surface area contributed by atoms with Crippen LogP contribution in [0.3, 0.4) is 0 Å². The Morgan fingerprint density at radius 1 is 1.00 bits per heavy atom. The van der Waals surface area contributed by atoms with E-state index in [9.17, 15) is 0 Å². The van der Waals surface area contributed by atoms with Crippen molar-refractivity contribution < 1.29 is 79.2 Å². The molecule has 23 valence electrons. The Hall–Kier alpha value is 2.52. The molecule has 1 radical (unpaired) electrons. The van der Waals surface area contributed by atoms with Crippen LogP contribution in [0.15, 0.2) is 0 Å². The van der Waals surface area contributed by atoms with E-state index in [1.807, 2.05) is 0 Å². The van der Waals surface area contributed by atoms with Crippen molar-refractivity contribution in [3.8, 4) is 0 Å². The van der Waals surface area contributed by atoms with Gasteiger partial charge in [0.05, 0.1) is 0 Å². The fraction of sp³-hybridized carbons (Fsp3) is 0. The summed E-state index contributed by atoms with van der Waals surface area (Å²) in [5, 5.41) is 0. The third-order valence-corrected chi connectivity index (χ3v) is 0. The Bertz CT molecular complexity index is 8.00. The van der Waals surface area contributed by atoms with Crippen LogP contribution in [0, 0.1) is 0 Å². The third kappa shape index (κ3) is 8.82. The number of rotatable bonds is 0. The molecule has 0 aliphatic carbocycles. The molecular formula is MnNiZnZr. The molecule has 0 aliphatic rings. The smallest absolute Gasteiger partial charge is 0 e. The van der Waals surface area contributed by atoms with Crippen molar-refractivity contribution in [2.75, 3.05) is 0 Å². The zero-order chi connectivity index (χ0) is 0. The molecule has 0 spiro atoms. The minimum Gasteiger partial charge on any atom is 0 e. The van der Waals surface area contributed by atoms with Gasteiger partial charge in [-0.25, -0.2) is 0 Å². The summed E-state index contributed by atoms with van der Waals surface area (Å²) in [4.78, 5) is 0. The van der Waals surface area contributed by atoms with E-state index < -0.39 is 0 Å². The molecular weight excluding hydrogens is 270 g/mol. The van der Waals surface area contributed by atoms with E-state index in [-0.39, 0.29) is 79.2 Å². The second-order valence-electron chi connectivity index (χ2n) is 0. The van der Waals surface area contributed by atoms with Gasteiger partial charge in [-0.05, 0) is 0 Å². The summed E-state index contributed by atoms with van der Waals surface area (Å²) < 4.78 is 0. The van der Waals surface area contributed by atoms with E-state index >= 15 is 0 Å². The first kappa shape index (κ1) is 31.3. The largest absolute Gasteiger partial charge is 0 e. The van der Waals surface area contributed by atoms with Gasteiger partial charge in [0, 0.05) is 79.2 Å². The molecule has 0 saturated carbocycles. The normalized spacial score (nSPS) is 0. The molecule has 0 bridgehead atoms. The molecule has 4 heavy (non-hydrogen) atoms. The molecule has 4 heteroatoms. The van der Waals surface area contributed by atoms with E-state index in [4.69, 9.17) is 0 Å². The second kappa shape index (κ2) is 17.8. The van der Waals surface area contributed by atoms with Gasteiger partial charge in [-0.15, -0.1) is 0 Å². The van der Waals surface area contributed by atoms with Gasteiger partial charge in [-0.1, -0.05) is 0 Å². The van der Waals surface area contributed by atoms with Crippen LogP contribution < -0.4 is 0 Å². The molecule has 0 N–H and O–H groups in total.